The van der Waals surface area contributed by atoms with Gasteiger partial charge in [-0.25, -0.2) is 4.63 Å². The van der Waals surface area contributed by atoms with E-state index in [0.717, 1.165) is 18.5 Å². The Morgan fingerprint density at radius 3 is 2.55 bits per heavy atom. The summed E-state index contributed by atoms with van der Waals surface area (Å²) in [5, 5.41) is 28.2. The lowest BCUT2D eigenvalue weighted by atomic mass is 10.2. The number of nitrogens with one attached hydrogen (secondary N) is 2. The van der Waals surface area contributed by atoms with Crippen molar-refractivity contribution >= 4 is 28.4 Å². The van der Waals surface area contributed by atoms with Crippen LogP contribution in [0.2, 0.25) is 0 Å². The molecule has 0 amide bonds. The molecule has 0 spiro atoms. The highest BCUT2D eigenvalue weighted by Gasteiger charge is 2.10. The average molecular weight is 280 g/mol. The molecular weight excluding hydrogens is 264 g/mol. The third-order valence-corrected chi connectivity index (χ3v) is 2.92. The fraction of sp³-hybridized carbons (Fsp3) is 0.417. The summed E-state index contributed by atoms with van der Waals surface area (Å²) in [6, 6.07) is 3.43. The predicted octanol–water partition coefficient (Wildman–Crippen LogP) is 2.08. The molecule has 2 aromatic rings. The minimum Gasteiger partial charge on any atom is -0.481 e. The second-order valence-corrected chi connectivity index (χ2v) is 4.37. The second kappa shape index (κ2) is 6.71. The van der Waals surface area contributed by atoms with Crippen LogP contribution < -0.4 is 10.8 Å². The van der Waals surface area contributed by atoms with Crippen molar-refractivity contribution in [2.75, 3.05) is 17.3 Å². The molecule has 0 saturated carbocycles. The summed E-state index contributed by atoms with van der Waals surface area (Å²) in [4.78, 5) is 10.4. The van der Waals surface area contributed by atoms with Crippen molar-refractivity contribution in [2.24, 2.45) is 0 Å². The standard InChI is InChI=1S/C12H16N4O4/c17-10(18)4-2-1-3-7-13-8-5-6-9(14-19)12-11(8)15-20-16-12/h5-6,13-14,19H,1-4,7H2,(H,17,18). The van der Waals surface area contributed by atoms with Crippen LogP contribution in [0.25, 0.3) is 11.0 Å². The van der Waals surface area contributed by atoms with E-state index in [4.69, 9.17) is 10.3 Å². The molecule has 2 rings (SSSR count). The number of aliphatic carboxylic acids is 1. The van der Waals surface area contributed by atoms with E-state index in [1.807, 2.05) is 5.48 Å². The number of unbranched alkanes of at least 4 members (excludes halogenated alkanes) is 2. The number of carbonyl (C=O) groups is 1. The molecule has 8 heteroatoms. The summed E-state index contributed by atoms with van der Waals surface area (Å²) in [5.41, 5.74) is 4.20. The van der Waals surface area contributed by atoms with Gasteiger partial charge in [-0.3, -0.25) is 15.5 Å². The maximum atomic E-state index is 10.4. The van der Waals surface area contributed by atoms with E-state index >= 15 is 0 Å². The molecule has 20 heavy (non-hydrogen) atoms. The predicted molar refractivity (Wildman–Crippen MR) is 71.8 cm³/mol. The topological polar surface area (TPSA) is 121 Å². The van der Waals surface area contributed by atoms with Crippen molar-refractivity contribution in [2.45, 2.75) is 25.7 Å². The number of nitrogens with zero attached hydrogens (tertiary/aromatic N) is 2. The van der Waals surface area contributed by atoms with E-state index < -0.39 is 5.97 Å². The number of benzene rings is 1. The van der Waals surface area contributed by atoms with Gasteiger partial charge < -0.3 is 10.4 Å². The number of hydrogen-bond acceptors (Lipinski definition) is 7. The number of rotatable bonds is 8. The first-order valence-corrected chi connectivity index (χ1v) is 6.33. The fourth-order valence-electron chi connectivity index (χ4n) is 1.90. The van der Waals surface area contributed by atoms with E-state index in [2.05, 4.69) is 20.3 Å². The van der Waals surface area contributed by atoms with Crippen molar-refractivity contribution in [1.29, 1.82) is 0 Å². The Morgan fingerprint density at radius 1 is 1.15 bits per heavy atom. The maximum Gasteiger partial charge on any atom is 0.303 e. The highest BCUT2D eigenvalue weighted by molar-refractivity contribution is 5.95. The molecule has 8 nitrogen and oxygen atoms in total. The first kappa shape index (κ1) is 14.1. The molecule has 0 aliphatic heterocycles. The zero-order valence-corrected chi connectivity index (χ0v) is 10.8. The van der Waals surface area contributed by atoms with Crippen molar-refractivity contribution in [1.82, 2.24) is 10.3 Å². The molecule has 0 fully saturated rings. The van der Waals surface area contributed by atoms with Gasteiger partial charge in [-0.1, -0.05) is 6.42 Å². The Hall–Kier alpha value is -2.35. The van der Waals surface area contributed by atoms with Gasteiger partial charge in [0.05, 0.1) is 11.4 Å². The summed E-state index contributed by atoms with van der Waals surface area (Å²) >= 11 is 0. The highest BCUT2D eigenvalue weighted by Crippen LogP contribution is 2.26. The normalized spacial score (nSPS) is 10.7. The van der Waals surface area contributed by atoms with Crippen LogP contribution >= 0.6 is 0 Å². The molecular formula is C12H16N4O4. The number of carboxylic acids is 1. The van der Waals surface area contributed by atoms with Crippen LogP contribution in [0.5, 0.6) is 0 Å². The van der Waals surface area contributed by atoms with Gasteiger partial charge in [0.1, 0.15) is 0 Å². The Bertz CT molecular complexity index is 584. The maximum absolute atomic E-state index is 10.4. The number of anilines is 2. The highest BCUT2D eigenvalue weighted by atomic mass is 16.6. The summed E-state index contributed by atoms with van der Waals surface area (Å²) in [5.74, 6) is -0.763. The molecule has 0 bridgehead atoms. The smallest absolute Gasteiger partial charge is 0.303 e. The first-order chi connectivity index (χ1) is 9.72. The molecule has 0 unspecified atom stereocenters. The minimum atomic E-state index is -0.763. The van der Waals surface area contributed by atoms with E-state index in [9.17, 15) is 4.79 Å². The van der Waals surface area contributed by atoms with Gasteiger partial charge >= 0.3 is 5.97 Å². The lowest BCUT2D eigenvalue weighted by molar-refractivity contribution is -0.137. The van der Waals surface area contributed by atoms with Gasteiger partial charge in [-0.05, 0) is 35.3 Å². The fourth-order valence-corrected chi connectivity index (χ4v) is 1.90. The molecule has 1 aromatic heterocycles. The molecule has 0 aliphatic rings. The second-order valence-electron chi connectivity index (χ2n) is 4.37. The average Bonchev–Trinajstić information content (AvgIpc) is 2.92. The number of fused-ring (bicyclic) bond motifs is 1. The Kier molecular flexibility index (Phi) is 4.72. The zero-order chi connectivity index (χ0) is 14.4. The van der Waals surface area contributed by atoms with E-state index in [1.54, 1.807) is 12.1 Å². The Balaban J connectivity index is 1.87. The third-order valence-electron chi connectivity index (χ3n) is 2.92. The summed E-state index contributed by atoms with van der Waals surface area (Å²) in [6.07, 6.45) is 2.58. The van der Waals surface area contributed by atoms with Gasteiger partial charge in [0.15, 0.2) is 11.0 Å². The van der Waals surface area contributed by atoms with Crippen LogP contribution in [0, 0.1) is 0 Å². The van der Waals surface area contributed by atoms with Crippen LogP contribution in [0.4, 0.5) is 11.4 Å². The van der Waals surface area contributed by atoms with Crippen molar-refractivity contribution in [3.63, 3.8) is 0 Å². The SMILES string of the molecule is O=C(O)CCCCCNc1ccc(NO)c2nonc12. The Labute approximate surface area is 114 Å². The van der Waals surface area contributed by atoms with Crippen LogP contribution in [0.3, 0.4) is 0 Å². The molecule has 0 radical (unpaired) electrons. The molecule has 0 aliphatic carbocycles. The monoisotopic (exact) mass is 280 g/mol. The van der Waals surface area contributed by atoms with Crippen LogP contribution in [-0.2, 0) is 4.79 Å². The van der Waals surface area contributed by atoms with E-state index in [-0.39, 0.29) is 6.42 Å². The third kappa shape index (κ3) is 3.35. The van der Waals surface area contributed by atoms with Gasteiger partial charge in [-0.2, -0.15) is 0 Å². The molecule has 1 heterocycles. The summed E-state index contributed by atoms with van der Waals surface area (Å²) in [7, 11) is 0. The molecule has 0 atom stereocenters. The van der Waals surface area contributed by atoms with Crippen LogP contribution in [0.15, 0.2) is 16.8 Å². The quantitative estimate of drug-likeness (QED) is 0.428. The van der Waals surface area contributed by atoms with Gasteiger partial charge in [0, 0.05) is 13.0 Å². The molecule has 0 saturated heterocycles. The van der Waals surface area contributed by atoms with Gasteiger partial charge in [0.2, 0.25) is 0 Å². The van der Waals surface area contributed by atoms with Crippen molar-refractivity contribution < 1.29 is 19.7 Å². The van der Waals surface area contributed by atoms with Crippen LogP contribution in [-0.4, -0.2) is 33.1 Å². The largest absolute Gasteiger partial charge is 0.481 e. The van der Waals surface area contributed by atoms with E-state index in [1.165, 1.54) is 0 Å². The first-order valence-electron chi connectivity index (χ1n) is 6.33. The summed E-state index contributed by atoms with van der Waals surface area (Å²) < 4.78 is 4.66. The Morgan fingerprint density at radius 2 is 1.85 bits per heavy atom. The molecule has 4 N–H and O–H groups in total. The minimum absolute atomic E-state index is 0.203. The van der Waals surface area contributed by atoms with Crippen LogP contribution in [0.1, 0.15) is 25.7 Å². The number of hydrogen-bond donors (Lipinski definition) is 4. The number of aromatic nitrogens is 2. The van der Waals surface area contributed by atoms with E-state index in [0.29, 0.717) is 29.7 Å². The van der Waals surface area contributed by atoms with Gasteiger partial charge in [-0.15, -0.1) is 0 Å². The zero-order valence-electron chi connectivity index (χ0n) is 10.8. The molecule has 1 aromatic carbocycles. The van der Waals surface area contributed by atoms with Crippen molar-refractivity contribution in [3.05, 3.63) is 12.1 Å². The number of carboxylic acid groups (broad SMARTS) is 1. The lowest BCUT2D eigenvalue weighted by Crippen LogP contribution is -2.03. The molecule has 108 valence electrons. The lowest BCUT2D eigenvalue weighted by Gasteiger charge is -2.07. The van der Waals surface area contributed by atoms with Gasteiger partial charge in [0.25, 0.3) is 0 Å². The van der Waals surface area contributed by atoms with Crippen molar-refractivity contribution in [3.8, 4) is 0 Å². The summed E-state index contributed by atoms with van der Waals surface area (Å²) in [6.45, 7) is 0.702.